The van der Waals surface area contributed by atoms with Gasteiger partial charge in [0.25, 0.3) is 0 Å². The fraction of sp³-hybridized carbons (Fsp3) is 0.130. The van der Waals surface area contributed by atoms with Crippen molar-refractivity contribution in [2.45, 2.75) is 13.0 Å². The molecule has 1 heteroatoms. The van der Waals surface area contributed by atoms with Gasteiger partial charge in [0.05, 0.1) is 13.2 Å². The molecule has 0 aromatic heterocycles. The van der Waals surface area contributed by atoms with Gasteiger partial charge >= 0.3 is 0 Å². The molecule has 0 spiro atoms. The molecule has 0 aliphatic heterocycles. The van der Waals surface area contributed by atoms with Crippen molar-refractivity contribution in [1.82, 2.24) is 0 Å². The number of hydrogen-bond acceptors (Lipinski definition) is 1. The predicted octanol–water partition coefficient (Wildman–Crippen LogP) is 5.73. The first-order valence-corrected chi connectivity index (χ1v) is 8.36. The van der Waals surface area contributed by atoms with Crippen molar-refractivity contribution in [1.29, 1.82) is 0 Å². The van der Waals surface area contributed by atoms with Gasteiger partial charge in [-0.05, 0) is 28.7 Å². The Labute approximate surface area is 144 Å². The molecule has 120 valence electrons. The lowest BCUT2D eigenvalue weighted by Crippen LogP contribution is -1.95. The summed E-state index contributed by atoms with van der Waals surface area (Å²) in [5.74, 6) is 0. The summed E-state index contributed by atoms with van der Waals surface area (Å²) in [5, 5.41) is 0. The van der Waals surface area contributed by atoms with Crippen molar-refractivity contribution in [2.75, 3.05) is 6.61 Å². The standard InChI is InChI=1S/C23H22O/c1-4-11-20(12-5-1)19-24-18-10-17-23(21-13-6-2-7-14-21)22-15-8-3-9-16-22/h1-9,11-17H,10,18-19H2. The fourth-order valence-corrected chi connectivity index (χ4v) is 2.69. The van der Waals surface area contributed by atoms with E-state index in [-0.39, 0.29) is 0 Å². The van der Waals surface area contributed by atoms with E-state index in [4.69, 9.17) is 4.74 Å². The van der Waals surface area contributed by atoms with Crippen LogP contribution in [-0.2, 0) is 11.3 Å². The summed E-state index contributed by atoms with van der Waals surface area (Å²) in [4.78, 5) is 0. The Hall–Kier alpha value is -2.64. The Morgan fingerprint density at radius 1 is 0.667 bits per heavy atom. The highest BCUT2D eigenvalue weighted by Gasteiger charge is 2.03. The normalized spacial score (nSPS) is 10.3. The molecular formula is C23H22O. The first-order valence-electron chi connectivity index (χ1n) is 8.36. The smallest absolute Gasteiger partial charge is 0.0717 e. The molecule has 0 radical (unpaired) electrons. The second-order valence-corrected chi connectivity index (χ2v) is 5.68. The summed E-state index contributed by atoms with van der Waals surface area (Å²) >= 11 is 0. The molecule has 0 saturated heterocycles. The average Bonchev–Trinajstić information content (AvgIpc) is 2.67. The molecule has 0 bridgehead atoms. The van der Waals surface area contributed by atoms with Crippen LogP contribution in [-0.4, -0.2) is 6.61 Å². The molecule has 0 saturated carbocycles. The van der Waals surface area contributed by atoms with Crippen molar-refractivity contribution in [3.63, 3.8) is 0 Å². The summed E-state index contributed by atoms with van der Waals surface area (Å²) in [7, 11) is 0. The van der Waals surface area contributed by atoms with Crippen molar-refractivity contribution in [3.05, 3.63) is 114 Å². The maximum Gasteiger partial charge on any atom is 0.0717 e. The first kappa shape index (κ1) is 16.2. The van der Waals surface area contributed by atoms with Crippen molar-refractivity contribution in [2.24, 2.45) is 0 Å². The van der Waals surface area contributed by atoms with Crippen LogP contribution in [0, 0.1) is 0 Å². The van der Waals surface area contributed by atoms with E-state index in [2.05, 4.69) is 78.9 Å². The first-order chi connectivity index (χ1) is 11.9. The Morgan fingerprint density at radius 3 is 1.71 bits per heavy atom. The third-order valence-corrected chi connectivity index (χ3v) is 3.89. The number of rotatable bonds is 7. The van der Waals surface area contributed by atoms with E-state index in [1.807, 2.05) is 18.2 Å². The van der Waals surface area contributed by atoms with Crippen molar-refractivity contribution in [3.8, 4) is 0 Å². The monoisotopic (exact) mass is 314 g/mol. The average molecular weight is 314 g/mol. The van der Waals surface area contributed by atoms with Crippen LogP contribution in [0.1, 0.15) is 23.1 Å². The number of hydrogen-bond donors (Lipinski definition) is 0. The molecule has 0 heterocycles. The van der Waals surface area contributed by atoms with Gasteiger partial charge in [0.1, 0.15) is 0 Å². The van der Waals surface area contributed by atoms with Crippen LogP contribution in [0.15, 0.2) is 97.1 Å². The highest BCUT2D eigenvalue weighted by Crippen LogP contribution is 2.23. The molecule has 0 N–H and O–H groups in total. The summed E-state index contributed by atoms with van der Waals surface area (Å²) in [6.45, 7) is 1.39. The Balaban J connectivity index is 1.64. The molecule has 3 aromatic carbocycles. The van der Waals surface area contributed by atoms with Gasteiger partial charge in [-0.3, -0.25) is 0 Å². The van der Waals surface area contributed by atoms with Gasteiger partial charge in [-0.1, -0.05) is 97.1 Å². The fourth-order valence-electron chi connectivity index (χ4n) is 2.69. The van der Waals surface area contributed by atoms with Crippen LogP contribution in [0.4, 0.5) is 0 Å². The maximum absolute atomic E-state index is 5.80. The van der Waals surface area contributed by atoms with Gasteiger partial charge in [0.15, 0.2) is 0 Å². The summed E-state index contributed by atoms with van der Waals surface area (Å²) < 4.78 is 5.80. The van der Waals surface area contributed by atoms with Crippen LogP contribution >= 0.6 is 0 Å². The summed E-state index contributed by atoms with van der Waals surface area (Å²) in [6.07, 6.45) is 3.17. The second kappa shape index (κ2) is 8.85. The topological polar surface area (TPSA) is 9.23 Å². The van der Waals surface area contributed by atoms with Crippen LogP contribution in [0.3, 0.4) is 0 Å². The van der Waals surface area contributed by atoms with Gasteiger partial charge in [-0.2, -0.15) is 0 Å². The zero-order valence-corrected chi connectivity index (χ0v) is 13.8. The molecule has 3 aromatic rings. The van der Waals surface area contributed by atoms with Crippen LogP contribution in [0.5, 0.6) is 0 Å². The molecule has 0 aliphatic carbocycles. The molecular weight excluding hydrogens is 292 g/mol. The van der Waals surface area contributed by atoms with E-state index in [0.717, 1.165) is 13.0 Å². The highest BCUT2D eigenvalue weighted by atomic mass is 16.5. The molecule has 0 amide bonds. The zero-order chi connectivity index (χ0) is 16.5. The Morgan fingerprint density at radius 2 is 1.17 bits per heavy atom. The van der Waals surface area contributed by atoms with Gasteiger partial charge in [0.2, 0.25) is 0 Å². The van der Waals surface area contributed by atoms with Crippen LogP contribution in [0.25, 0.3) is 5.57 Å². The molecule has 24 heavy (non-hydrogen) atoms. The van der Waals surface area contributed by atoms with E-state index < -0.39 is 0 Å². The van der Waals surface area contributed by atoms with Crippen LogP contribution < -0.4 is 0 Å². The molecule has 0 atom stereocenters. The molecule has 0 aliphatic rings. The third kappa shape index (κ3) is 4.68. The largest absolute Gasteiger partial charge is 0.376 e. The zero-order valence-electron chi connectivity index (χ0n) is 13.8. The third-order valence-electron chi connectivity index (χ3n) is 3.89. The minimum Gasteiger partial charge on any atom is -0.376 e. The summed E-state index contributed by atoms with van der Waals surface area (Å²) in [5.41, 5.74) is 4.96. The van der Waals surface area contributed by atoms with Gasteiger partial charge < -0.3 is 4.74 Å². The van der Waals surface area contributed by atoms with Gasteiger partial charge in [0, 0.05) is 0 Å². The van der Waals surface area contributed by atoms with E-state index >= 15 is 0 Å². The number of ether oxygens (including phenoxy) is 1. The van der Waals surface area contributed by atoms with E-state index in [9.17, 15) is 0 Å². The SMILES string of the molecule is C(CCOCc1ccccc1)=C(c1ccccc1)c1ccccc1. The predicted molar refractivity (Wildman–Crippen MR) is 101 cm³/mol. The van der Waals surface area contributed by atoms with Crippen LogP contribution in [0.2, 0.25) is 0 Å². The van der Waals surface area contributed by atoms with Gasteiger partial charge in [-0.25, -0.2) is 0 Å². The van der Waals surface area contributed by atoms with E-state index in [1.54, 1.807) is 0 Å². The lowest BCUT2D eigenvalue weighted by molar-refractivity contribution is 0.125. The van der Waals surface area contributed by atoms with E-state index in [1.165, 1.54) is 22.3 Å². The lowest BCUT2D eigenvalue weighted by atomic mass is 9.97. The maximum atomic E-state index is 5.80. The van der Waals surface area contributed by atoms with Gasteiger partial charge in [-0.15, -0.1) is 0 Å². The summed E-state index contributed by atoms with van der Waals surface area (Å²) in [6, 6.07) is 31.3. The Bertz CT molecular complexity index is 704. The molecule has 3 rings (SSSR count). The quantitative estimate of drug-likeness (QED) is 0.506. The van der Waals surface area contributed by atoms with E-state index in [0.29, 0.717) is 6.61 Å². The van der Waals surface area contributed by atoms with Crippen molar-refractivity contribution < 1.29 is 4.74 Å². The minimum atomic E-state index is 0.667. The minimum absolute atomic E-state index is 0.667. The number of benzene rings is 3. The molecule has 0 unspecified atom stereocenters. The highest BCUT2D eigenvalue weighted by molar-refractivity contribution is 5.79. The van der Waals surface area contributed by atoms with Crippen molar-refractivity contribution >= 4 is 5.57 Å². The molecule has 1 nitrogen and oxygen atoms in total. The second-order valence-electron chi connectivity index (χ2n) is 5.68. The molecule has 0 fully saturated rings. The lowest BCUT2D eigenvalue weighted by Gasteiger charge is -2.09. The Kier molecular flexibility index (Phi) is 5.99.